The molecule has 0 atom stereocenters. The molecule has 7 heteroatoms. The van der Waals surface area contributed by atoms with E-state index in [1.54, 1.807) is 6.21 Å². The van der Waals surface area contributed by atoms with Crippen LogP contribution in [0.3, 0.4) is 0 Å². The number of rotatable bonds is 6. The lowest BCUT2D eigenvalue weighted by Crippen LogP contribution is -2.17. The Morgan fingerprint density at radius 1 is 0.962 bits per heavy atom. The van der Waals surface area contributed by atoms with Gasteiger partial charge in [-0.05, 0) is 12.1 Å². The van der Waals surface area contributed by atoms with Gasteiger partial charge in [0.25, 0.3) is 0 Å². The van der Waals surface area contributed by atoms with Gasteiger partial charge in [0, 0.05) is 39.8 Å². The van der Waals surface area contributed by atoms with E-state index in [2.05, 4.69) is 20.5 Å². The highest BCUT2D eigenvalue weighted by Gasteiger charge is 2.07. The molecule has 0 fully saturated rings. The standard InChI is InChI=1S/C19H22N6O/c1-24(2)18-12-17(21-19(22-18)25(3)4)23-20-13-15-10-11-16(26-15)14-8-6-5-7-9-14/h5-13H,1-4H3,(H,21,22,23). The van der Waals surface area contributed by atoms with E-state index in [9.17, 15) is 0 Å². The first-order valence-corrected chi connectivity index (χ1v) is 8.21. The van der Waals surface area contributed by atoms with Crippen molar-refractivity contribution in [1.82, 2.24) is 9.97 Å². The summed E-state index contributed by atoms with van der Waals surface area (Å²) in [4.78, 5) is 12.7. The summed E-state index contributed by atoms with van der Waals surface area (Å²) >= 11 is 0. The number of hydrogen-bond acceptors (Lipinski definition) is 7. The second-order valence-corrected chi connectivity index (χ2v) is 6.14. The second kappa shape index (κ2) is 7.69. The molecule has 3 rings (SSSR count). The Morgan fingerprint density at radius 2 is 1.73 bits per heavy atom. The summed E-state index contributed by atoms with van der Waals surface area (Å²) in [7, 11) is 7.66. The van der Waals surface area contributed by atoms with Crippen LogP contribution in [0.2, 0.25) is 0 Å². The third-order valence-corrected chi connectivity index (χ3v) is 3.61. The van der Waals surface area contributed by atoms with Crippen LogP contribution in [0.5, 0.6) is 0 Å². The van der Waals surface area contributed by atoms with Gasteiger partial charge in [-0.25, -0.2) is 0 Å². The van der Waals surface area contributed by atoms with Crippen molar-refractivity contribution in [1.29, 1.82) is 0 Å². The summed E-state index contributed by atoms with van der Waals surface area (Å²) in [5.74, 6) is 3.48. The van der Waals surface area contributed by atoms with Crippen molar-refractivity contribution in [2.24, 2.45) is 5.10 Å². The summed E-state index contributed by atoms with van der Waals surface area (Å²) in [6, 6.07) is 15.6. The predicted molar refractivity (Wildman–Crippen MR) is 106 cm³/mol. The SMILES string of the molecule is CN(C)c1cc(NN=Cc2ccc(-c3ccccc3)o2)nc(N(C)C)n1. The molecular weight excluding hydrogens is 328 g/mol. The lowest BCUT2D eigenvalue weighted by Gasteiger charge is -2.16. The van der Waals surface area contributed by atoms with Crippen LogP contribution in [-0.4, -0.2) is 44.4 Å². The Labute approximate surface area is 153 Å². The minimum atomic E-state index is 0.610. The Morgan fingerprint density at radius 3 is 2.42 bits per heavy atom. The Balaban J connectivity index is 1.74. The maximum absolute atomic E-state index is 5.79. The zero-order chi connectivity index (χ0) is 18.5. The molecule has 0 unspecified atom stereocenters. The minimum Gasteiger partial charge on any atom is -0.455 e. The fourth-order valence-electron chi connectivity index (χ4n) is 2.25. The molecule has 0 spiro atoms. The van der Waals surface area contributed by atoms with Crippen molar-refractivity contribution >= 4 is 23.8 Å². The van der Waals surface area contributed by atoms with E-state index < -0.39 is 0 Å². The van der Waals surface area contributed by atoms with E-state index in [0.29, 0.717) is 17.5 Å². The molecular formula is C19H22N6O. The summed E-state index contributed by atoms with van der Waals surface area (Å²) < 4.78 is 5.79. The van der Waals surface area contributed by atoms with Gasteiger partial charge in [-0.2, -0.15) is 15.1 Å². The Kier molecular flexibility index (Phi) is 5.17. The van der Waals surface area contributed by atoms with Crippen LogP contribution in [0.4, 0.5) is 17.6 Å². The van der Waals surface area contributed by atoms with Gasteiger partial charge in [0.1, 0.15) is 17.3 Å². The summed E-state index contributed by atoms with van der Waals surface area (Å²) in [6.07, 6.45) is 1.62. The molecule has 1 N–H and O–H groups in total. The topological polar surface area (TPSA) is 69.8 Å². The zero-order valence-electron chi connectivity index (χ0n) is 15.3. The molecule has 0 aliphatic heterocycles. The number of nitrogens with one attached hydrogen (secondary N) is 1. The molecule has 2 aromatic heterocycles. The van der Waals surface area contributed by atoms with Gasteiger partial charge in [0.2, 0.25) is 5.95 Å². The van der Waals surface area contributed by atoms with Gasteiger partial charge in [-0.15, -0.1) is 0 Å². The second-order valence-electron chi connectivity index (χ2n) is 6.14. The maximum Gasteiger partial charge on any atom is 0.228 e. The molecule has 7 nitrogen and oxygen atoms in total. The van der Waals surface area contributed by atoms with Crippen LogP contribution >= 0.6 is 0 Å². The summed E-state index contributed by atoms with van der Waals surface area (Å²) in [6.45, 7) is 0. The first kappa shape index (κ1) is 17.5. The van der Waals surface area contributed by atoms with Gasteiger partial charge in [0.15, 0.2) is 5.82 Å². The highest BCUT2D eigenvalue weighted by molar-refractivity contribution is 5.78. The summed E-state index contributed by atoms with van der Waals surface area (Å²) in [5.41, 5.74) is 3.97. The Bertz CT molecular complexity index is 860. The number of anilines is 3. The van der Waals surface area contributed by atoms with E-state index in [4.69, 9.17) is 4.42 Å². The smallest absolute Gasteiger partial charge is 0.228 e. The van der Waals surface area contributed by atoms with E-state index in [0.717, 1.165) is 17.1 Å². The molecule has 0 bridgehead atoms. The van der Waals surface area contributed by atoms with Crippen LogP contribution in [-0.2, 0) is 0 Å². The highest BCUT2D eigenvalue weighted by atomic mass is 16.3. The van der Waals surface area contributed by atoms with Crippen molar-refractivity contribution in [2.45, 2.75) is 0 Å². The average molecular weight is 350 g/mol. The van der Waals surface area contributed by atoms with E-state index in [-0.39, 0.29) is 0 Å². The number of nitrogens with zero attached hydrogens (tertiary/aromatic N) is 5. The summed E-state index contributed by atoms with van der Waals surface area (Å²) in [5, 5.41) is 4.22. The molecule has 0 aliphatic rings. The third-order valence-electron chi connectivity index (χ3n) is 3.61. The molecule has 134 valence electrons. The molecule has 0 radical (unpaired) electrons. The molecule has 0 saturated carbocycles. The van der Waals surface area contributed by atoms with Gasteiger partial charge in [0.05, 0.1) is 6.21 Å². The van der Waals surface area contributed by atoms with Gasteiger partial charge >= 0.3 is 0 Å². The molecule has 0 aliphatic carbocycles. The first-order valence-electron chi connectivity index (χ1n) is 8.21. The van der Waals surface area contributed by atoms with E-state index in [1.807, 2.05) is 86.5 Å². The fourth-order valence-corrected chi connectivity index (χ4v) is 2.25. The molecule has 1 aromatic carbocycles. The van der Waals surface area contributed by atoms with Crippen molar-refractivity contribution in [3.63, 3.8) is 0 Å². The molecule has 26 heavy (non-hydrogen) atoms. The lowest BCUT2D eigenvalue weighted by atomic mass is 10.2. The zero-order valence-corrected chi connectivity index (χ0v) is 15.3. The molecule has 0 saturated heterocycles. The lowest BCUT2D eigenvalue weighted by molar-refractivity contribution is 0.575. The van der Waals surface area contributed by atoms with Crippen molar-refractivity contribution < 1.29 is 4.42 Å². The monoisotopic (exact) mass is 350 g/mol. The van der Waals surface area contributed by atoms with Crippen LogP contribution in [0.15, 0.2) is 58.0 Å². The number of furan rings is 1. The number of aromatic nitrogens is 2. The quantitative estimate of drug-likeness (QED) is 0.543. The van der Waals surface area contributed by atoms with Crippen molar-refractivity contribution in [3.05, 3.63) is 54.3 Å². The van der Waals surface area contributed by atoms with Crippen LogP contribution in [0.1, 0.15) is 5.76 Å². The van der Waals surface area contributed by atoms with E-state index in [1.165, 1.54) is 0 Å². The normalized spacial score (nSPS) is 10.9. The largest absolute Gasteiger partial charge is 0.455 e. The minimum absolute atomic E-state index is 0.610. The maximum atomic E-state index is 5.79. The molecule has 3 aromatic rings. The van der Waals surface area contributed by atoms with Gasteiger partial charge < -0.3 is 14.2 Å². The average Bonchev–Trinajstić information content (AvgIpc) is 3.11. The van der Waals surface area contributed by atoms with Crippen molar-refractivity contribution in [2.75, 3.05) is 43.4 Å². The van der Waals surface area contributed by atoms with Crippen LogP contribution in [0, 0.1) is 0 Å². The molecule has 0 amide bonds. The van der Waals surface area contributed by atoms with Gasteiger partial charge in [-0.1, -0.05) is 30.3 Å². The fraction of sp³-hybridized carbons (Fsp3) is 0.211. The molecule has 2 heterocycles. The Hall–Kier alpha value is -3.35. The third kappa shape index (κ3) is 4.18. The van der Waals surface area contributed by atoms with Gasteiger partial charge in [-0.3, -0.25) is 5.43 Å². The number of hydrazone groups is 1. The van der Waals surface area contributed by atoms with Crippen molar-refractivity contribution in [3.8, 4) is 11.3 Å². The first-order chi connectivity index (χ1) is 12.5. The predicted octanol–water partition coefficient (Wildman–Crippen LogP) is 3.31. The number of hydrogen-bond donors (Lipinski definition) is 1. The number of benzene rings is 1. The highest BCUT2D eigenvalue weighted by Crippen LogP contribution is 2.21. The van der Waals surface area contributed by atoms with E-state index >= 15 is 0 Å². The van der Waals surface area contributed by atoms with Crippen LogP contribution < -0.4 is 15.2 Å². The van der Waals surface area contributed by atoms with Crippen LogP contribution in [0.25, 0.3) is 11.3 Å².